The van der Waals surface area contributed by atoms with Crippen molar-refractivity contribution in [2.75, 3.05) is 0 Å². The van der Waals surface area contributed by atoms with Gasteiger partial charge in [0, 0.05) is 15.2 Å². The number of hydrogen-bond donors (Lipinski definition) is 0. The average Bonchev–Trinajstić information content (AvgIpc) is 2.11. The van der Waals surface area contributed by atoms with Crippen molar-refractivity contribution >= 4 is 28.3 Å². The van der Waals surface area contributed by atoms with E-state index in [2.05, 4.69) is 0 Å². The highest BCUT2D eigenvalue weighted by atomic mass is 127. The van der Waals surface area contributed by atoms with E-state index in [1.54, 1.807) is 13.0 Å². The largest absolute Gasteiger partial charge is 0.273 e. The maximum Gasteiger partial charge on any atom is 0.273 e. The second kappa shape index (κ2) is 4.37. The van der Waals surface area contributed by atoms with Crippen LogP contribution in [0, 0.1) is 31.9 Å². The number of halogens is 1. The predicted molar refractivity (Wildman–Crippen MR) is 59.9 cm³/mol. The number of hydrogen-bond acceptors (Lipinski definition) is 3. The molecular weight excluding hydrogens is 295 g/mol. The number of nitro benzene ring substituents is 1. The molecule has 14 heavy (non-hydrogen) atoms. The Balaban J connectivity index is 3.29. The van der Waals surface area contributed by atoms with Crippen molar-refractivity contribution in [3.63, 3.8) is 0 Å². The van der Waals surface area contributed by atoms with Gasteiger partial charge in [-0.25, -0.2) is 0 Å². The summed E-state index contributed by atoms with van der Waals surface area (Å²) in [5.74, 6) is 0. The summed E-state index contributed by atoms with van der Waals surface area (Å²) in [5.41, 5.74) is 1.42. The Labute approximate surface area is 94.8 Å². The molecule has 1 aromatic carbocycles. The van der Waals surface area contributed by atoms with Crippen LogP contribution in [-0.2, 0) is 6.42 Å². The number of nitrogens with zero attached hydrogens (tertiary/aromatic N) is 2. The lowest BCUT2D eigenvalue weighted by Gasteiger charge is -2.02. The van der Waals surface area contributed by atoms with Gasteiger partial charge in [-0.15, -0.1) is 0 Å². The number of nitriles is 1. The molecule has 0 aliphatic heterocycles. The first-order valence-corrected chi connectivity index (χ1v) is 4.94. The van der Waals surface area contributed by atoms with E-state index < -0.39 is 4.92 Å². The van der Waals surface area contributed by atoms with Crippen LogP contribution in [0.15, 0.2) is 12.1 Å². The van der Waals surface area contributed by atoms with Crippen LogP contribution in [0.5, 0.6) is 0 Å². The van der Waals surface area contributed by atoms with Crippen molar-refractivity contribution in [1.29, 1.82) is 5.26 Å². The summed E-state index contributed by atoms with van der Waals surface area (Å²) in [5, 5.41) is 19.1. The monoisotopic (exact) mass is 302 g/mol. The topological polar surface area (TPSA) is 66.9 Å². The fourth-order valence-electron chi connectivity index (χ4n) is 1.10. The molecule has 0 aliphatic carbocycles. The lowest BCUT2D eigenvalue weighted by molar-refractivity contribution is -0.385. The lowest BCUT2D eigenvalue weighted by atomic mass is 10.1. The Morgan fingerprint density at radius 3 is 2.79 bits per heavy atom. The summed E-state index contributed by atoms with van der Waals surface area (Å²) in [7, 11) is 0. The van der Waals surface area contributed by atoms with Gasteiger partial charge in [0.05, 0.1) is 17.4 Å². The zero-order chi connectivity index (χ0) is 10.7. The summed E-state index contributed by atoms with van der Waals surface area (Å²) in [4.78, 5) is 10.2. The smallest absolute Gasteiger partial charge is 0.258 e. The zero-order valence-electron chi connectivity index (χ0n) is 7.45. The molecular formula is C9H7IN2O2. The number of nitro groups is 1. The van der Waals surface area contributed by atoms with Gasteiger partial charge in [-0.2, -0.15) is 5.26 Å². The van der Waals surface area contributed by atoms with E-state index in [0.717, 1.165) is 3.57 Å². The van der Waals surface area contributed by atoms with Crippen molar-refractivity contribution in [2.24, 2.45) is 0 Å². The molecule has 0 saturated heterocycles. The standard InChI is InChI=1S/C9H7IN2O2/c1-6-8(10)4-7(2-3-11)5-9(6)12(13)14/h4-5H,2H2,1H3. The van der Waals surface area contributed by atoms with Gasteiger partial charge in [0.2, 0.25) is 0 Å². The minimum Gasteiger partial charge on any atom is -0.258 e. The van der Waals surface area contributed by atoms with E-state index in [-0.39, 0.29) is 12.1 Å². The molecule has 0 unspecified atom stereocenters. The second-order valence-electron chi connectivity index (χ2n) is 2.81. The van der Waals surface area contributed by atoms with E-state index in [0.29, 0.717) is 11.1 Å². The van der Waals surface area contributed by atoms with Gasteiger partial charge in [-0.05, 0) is 41.1 Å². The van der Waals surface area contributed by atoms with Gasteiger partial charge in [-0.1, -0.05) is 0 Å². The minimum atomic E-state index is -0.418. The fourth-order valence-corrected chi connectivity index (χ4v) is 1.78. The van der Waals surface area contributed by atoms with E-state index in [9.17, 15) is 10.1 Å². The Morgan fingerprint density at radius 1 is 1.64 bits per heavy atom. The van der Waals surface area contributed by atoms with Crippen LogP contribution >= 0.6 is 22.6 Å². The molecule has 0 spiro atoms. The lowest BCUT2D eigenvalue weighted by Crippen LogP contribution is -1.96. The maximum absolute atomic E-state index is 10.6. The molecule has 0 aromatic heterocycles. The van der Waals surface area contributed by atoms with Gasteiger partial charge >= 0.3 is 0 Å². The Kier molecular flexibility index (Phi) is 3.41. The Bertz CT molecular complexity index is 424. The Hall–Kier alpha value is -1.16. The highest BCUT2D eigenvalue weighted by molar-refractivity contribution is 14.1. The minimum absolute atomic E-state index is 0.0853. The highest BCUT2D eigenvalue weighted by Crippen LogP contribution is 2.25. The SMILES string of the molecule is Cc1c(I)cc(CC#N)cc1[N+](=O)[O-]. The molecule has 0 amide bonds. The third-order valence-electron chi connectivity index (χ3n) is 1.86. The summed E-state index contributed by atoms with van der Waals surface area (Å²) in [6.45, 7) is 1.70. The normalized spacial score (nSPS) is 9.50. The van der Waals surface area contributed by atoms with E-state index in [1.165, 1.54) is 6.07 Å². The molecule has 0 aliphatic rings. The summed E-state index contributed by atoms with van der Waals surface area (Å²) < 4.78 is 0.821. The third-order valence-corrected chi connectivity index (χ3v) is 2.98. The molecule has 0 fully saturated rings. The summed E-state index contributed by atoms with van der Waals surface area (Å²) in [6, 6.07) is 5.23. The van der Waals surface area contributed by atoms with Gasteiger partial charge < -0.3 is 0 Å². The quantitative estimate of drug-likeness (QED) is 0.479. The van der Waals surface area contributed by atoms with Crippen LogP contribution in [0.2, 0.25) is 0 Å². The molecule has 0 N–H and O–H groups in total. The van der Waals surface area contributed by atoms with Crippen molar-refractivity contribution in [1.82, 2.24) is 0 Å². The fraction of sp³-hybridized carbons (Fsp3) is 0.222. The second-order valence-corrected chi connectivity index (χ2v) is 3.98. The highest BCUT2D eigenvalue weighted by Gasteiger charge is 2.14. The maximum atomic E-state index is 10.6. The molecule has 0 heterocycles. The molecule has 0 saturated carbocycles. The van der Waals surface area contributed by atoms with Gasteiger partial charge in [0.15, 0.2) is 0 Å². The van der Waals surface area contributed by atoms with Gasteiger partial charge in [0.25, 0.3) is 5.69 Å². The first-order chi connectivity index (χ1) is 6.56. The van der Waals surface area contributed by atoms with E-state index in [1.807, 2.05) is 28.7 Å². The molecule has 1 rings (SSSR count). The van der Waals surface area contributed by atoms with Crippen LogP contribution in [0.25, 0.3) is 0 Å². The zero-order valence-corrected chi connectivity index (χ0v) is 9.61. The van der Waals surface area contributed by atoms with Crippen LogP contribution < -0.4 is 0 Å². The number of rotatable bonds is 2. The molecule has 1 aromatic rings. The van der Waals surface area contributed by atoms with Crippen molar-refractivity contribution < 1.29 is 4.92 Å². The average molecular weight is 302 g/mol. The molecule has 72 valence electrons. The molecule has 5 heteroatoms. The summed E-state index contributed by atoms with van der Waals surface area (Å²) >= 11 is 2.03. The molecule has 0 radical (unpaired) electrons. The van der Waals surface area contributed by atoms with Crippen molar-refractivity contribution in [3.05, 3.63) is 36.9 Å². The van der Waals surface area contributed by atoms with Crippen LogP contribution in [0.3, 0.4) is 0 Å². The summed E-state index contributed by atoms with van der Waals surface area (Å²) in [6.07, 6.45) is 0.205. The van der Waals surface area contributed by atoms with Crippen molar-refractivity contribution in [3.8, 4) is 6.07 Å². The van der Waals surface area contributed by atoms with Gasteiger partial charge in [0.1, 0.15) is 0 Å². The molecule has 0 bridgehead atoms. The van der Waals surface area contributed by atoms with Crippen molar-refractivity contribution in [2.45, 2.75) is 13.3 Å². The van der Waals surface area contributed by atoms with Crippen LogP contribution in [0.4, 0.5) is 5.69 Å². The molecule has 4 nitrogen and oxygen atoms in total. The van der Waals surface area contributed by atoms with Crippen LogP contribution in [-0.4, -0.2) is 4.92 Å². The third kappa shape index (κ3) is 2.20. The van der Waals surface area contributed by atoms with E-state index in [4.69, 9.17) is 5.26 Å². The van der Waals surface area contributed by atoms with E-state index >= 15 is 0 Å². The van der Waals surface area contributed by atoms with Gasteiger partial charge in [-0.3, -0.25) is 10.1 Å². The first kappa shape index (κ1) is 10.9. The Morgan fingerprint density at radius 2 is 2.29 bits per heavy atom. The van der Waals surface area contributed by atoms with Crippen LogP contribution in [0.1, 0.15) is 11.1 Å². The molecule has 0 atom stereocenters. The first-order valence-electron chi connectivity index (χ1n) is 3.86. The predicted octanol–water partition coefficient (Wildman–Crippen LogP) is 2.57. The number of benzene rings is 1.